The molecule has 5 heteroatoms. The lowest BCUT2D eigenvalue weighted by atomic mass is 10.1. The van der Waals surface area contributed by atoms with E-state index < -0.39 is 0 Å². The number of aryl methyl sites for hydroxylation is 1. The molecule has 1 saturated heterocycles. The molecule has 29 heavy (non-hydrogen) atoms. The molecule has 1 fully saturated rings. The Morgan fingerprint density at radius 3 is 2.48 bits per heavy atom. The molecule has 0 bridgehead atoms. The van der Waals surface area contributed by atoms with Gasteiger partial charge in [0.2, 0.25) is 5.91 Å². The van der Waals surface area contributed by atoms with Crippen molar-refractivity contribution in [3.8, 4) is 5.69 Å². The Balaban J connectivity index is 1.42. The predicted molar refractivity (Wildman–Crippen MR) is 115 cm³/mol. The highest BCUT2D eigenvalue weighted by molar-refractivity contribution is 5.82. The molecule has 1 aliphatic rings. The molecular formula is C24H28N4O. The summed E-state index contributed by atoms with van der Waals surface area (Å²) >= 11 is 0. The van der Waals surface area contributed by atoms with Crippen molar-refractivity contribution in [1.29, 1.82) is 0 Å². The first-order valence-electron chi connectivity index (χ1n) is 10.3. The largest absolute Gasteiger partial charge is 0.351 e. The van der Waals surface area contributed by atoms with E-state index in [0.29, 0.717) is 6.54 Å². The molecule has 0 saturated carbocycles. The Kier molecular flexibility index (Phi) is 5.76. The summed E-state index contributed by atoms with van der Waals surface area (Å²) in [5, 5.41) is 7.85. The molecule has 0 aliphatic carbocycles. The Labute approximate surface area is 172 Å². The van der Waals surface area contributed by atoms with Crippen molar-refractivity contribution >= 4 is 5.91 Å². The fraction of sp³-hybridized carbons (Fsp3) is 0.333. The minimum atomic E-state index is -0.0556. The minimum absolute atomic E-state index is 0.0556. The second-order valence-corrected chi connectivity index (χ2v) is 7.73. The Hall–Kier alpha value is -2.92. The molecule has 0 spiro atoms. The van der Waals surface area contributed by atoms with Gasteiger partial charge < -0.3 is 5.32 Å². The summed E-state index contributed by atoms with van der Waals surface area (Å²) in [6.45, 7) is 6.37. The minimum Gasteiger partial charge on any atom is -0.351 e. The van der Waals surface area contributed by atoms with Gasteiger partial charge in [0, 0.05) is 24.3 Å². The summed E-state index contributed by atoms with van der Waals surface area (Å²) in [4.78, 5) is 15.2. The maximum atomic E-state index is 12.9. The summed E-state index contributed by atoms with van der Waals surface area (Å²) in [5.41, 5.74) is 5.41. The Morgan fingerprint density at radius 2 is 1.76 bits per heavy atom. The van der Waals surface area contributed by atoms with Gasteiger partial charge in [0.15, 0.2) is 0 Å². The third kappa shape index (κ3) is 4.25. The van der Waals surface area contributed by atoms with Crippen molar-refractivity contribution in [1.82, 2.24) is 20.0 Å². The number of rotatable bonds is 6. The van der Waals surface area contributed by atoms with Crippen molar-refractivity contribution < 1.29 is 4.79 Å². The van der Waals surface area contributed by atoms with Gasteiger partial charge in [0.1, 0.15) is 0 Å². The van der Waals surface area contributed by atoms with Crippen LogP contribution in [0.2, 0.25) is 0 Å². The number of para-hydroxylation sites is 1. The quantitative estimate of drug-likeness (QED) is 0.699. The van der Waals surface area contributed by atoms with Gasteiger partial charge in [0.25, 0.3) is 0 Å². The lowest BCUT2D eigenvalue weighted by molar-refractivity contribution is -0.125. The van der Waals surface area contributed by atoms with E-state index in [9.17, 15) is 4.79 Å². The van der Waals surface area contributed by atoms with Gasteiger partial charge in [-0.1, -0.05) is 48.5 Å². The first kappa shape index (κ1) is 19.4. The second kappa shape index (κ2) is 8.62. The van der Waals surface area contributed by atoms with Gasteiger partial charge in [-0.05, 0) is 50.9 Å². The van der Waals surface area contributed by atoms with Crippen LogP contribution in [0.25, 0.3) is 5.69 Å². The highest BCUT2D eigenvalue weighted by Gasteiger charge is 2.30. The van der Waals surface area contributed by atoms with Crippen molar-refractivity contribution in [2.24, 2.45) is 0 Å². The monoisotopic (exact) mass is 388 g/mol. The summed E-state index contributed by atoms with van der Waals surface area (Å²) in [7, 11) is 0. The van der Waals surface area contributed by atoms with Gasteiger partial charge in [0.05, 0.1) is 17.4 Å². The molecule has 1 atom stereocenters. The molecule has 4 rings (SSSR count). The van der Waals surface area contributed by atoms with Crippen LogP contribution >= 0.6 is 0 Å². The topological polar surface area (TPSA) is 50.2 Å². The van der Waals surface area contributed by atoms with Crippen LogP contribution in [0, 0.1) is 13.8 Å². The average molecular weight is 389 g/mol. The van der Waals surface area contributed by atoms with Gasteiger partial charge in [-0.3, -0.25) is 9.69 Å². The number of amides is 1. The van der Waals surface area contributed by atoms with Crippen LogP contribution in [-0.2, 0) is 17.9 Å². The molecule has 2 heterocycles. The number of hydrogen-bond donors (Lipinski definition) is 1. The number of carbonyl (C=O) groups excluding carboxylic acids is 1. The number of nitrogens with one attached hydrogen (secondary N) is 1. The normalized spacial score (nSPS) is 16.8. The van der Waals surface area contributed by atoms with E-state index in [1.54, 1.807) is 0 Å². The molecular weight excluding hydrogens is 360 g/mol. The highest BCUT2D eigenvalue weighted by Crippen LogP contribution is 2.21. The highest BCUT2D eigenvalue weighted by atomic mass is 16.2. The zero-order chi connectivity index (χ0) is 20.2. The third-order valence-electron chi connectivity index (χ3n) is 5.78. The van der Waals surface area contributed by atoms with Crippen molar-refractivity contribution in [2.75, 3.05) is 6.54 Å². The third-order valence-corrected chi connectivity index (χ3v) is 5.78. The molecule has 1 aliphatic heterocycles. The summed E-state index contributed by atoms with van der Waals surface area (Å²) in [5.74, 6) is 0.115. The van der Waals surface area contributed by atoms with Crippen LogP contribution in [0.5, 0.6) is 0 Å². The lowest BCUT2D eigenvalue weighted by Gasteiger charge is -2.23. The fourth-order valence-electron chi connectivity index (χ4n) is 4.17. The van der Waals surface area contributed by atoms with Crippen molar-refractivity contribution in [3.63, 3.8) is 0 Å². The fourth-order valence-corrected chi connectivity index (χ4v) is 4.17. The molecule has 0 radical (unpaired) electrons. The van der Waals surface area contributed by atoms with Crippen LogP contribution in [0.15, 0.2) is 60.7 Å². The molecule has 1 unspecified atom stereocenters. The SMILES string of the molecule is Cc1nn(-c2ccccc2)c(C)c1CNC(=O)C1CCCN1Cc1ccccc1. The number of benzene rings is 2. The van der Waals surface area contributed by atoms with Crippen LogP contribution in [0.4, 0.5) is 0 Å². The van der Waals surface area contributed by atoms with Crippen LogP contribution in [-0.4, -0.2) is 33.2 Å². The van der Waals surface area contributed by atoms with Crippen molar-refractivity contribution in [2.45, 2.75) is 45.8 Å². The van der Waals surface area contributed by atoms with E-state index in [1.807, 2.05) is 48.0 Å². The van der Waals surface area contributed by atoms with Crippen LogP contribution < -0.4 is 5.32 Å². The van der Waals surface area contributed by atoms with Gasteiger partial charge >= 0.3 is 0 Å². The number of carbonyl (C=O) groups is 1. The zero-order valence-electron chi connectivity index (χ0n) is 17.1. The van der Waals surface area contributed by atoms with E-state index in [0.717, 1.165) is 48.6 Å². The average Bonchev–Trinajstić information content (AvgIpc) is 3.32. The Bertz CT molecular complexity index is 965. The van der Waals surface area contributed by atoms with E-state index in [1.165, 1.54) is 5.56 Å². The van der Waals surface area contributed by atoms with Crippen LogP contribution in [0.1, 0.15) is 35.4 Å². The van der Waals surface area contributed by atoms with E-state index in [-0.39, 0.29) is 11.9 Å². The van der Waals surface area contributed by atoms with E-state index in [2.05, 4.69) is 46.5 Å². The molecule has 3 aromatic rings. The molecule has 150 valence electrons. The van der Waals surface area contributed by atoms with E-state index >= 15 is 0 Å². The molecule has 1 N–H and O–H groups in total. The van der Waals surface area contributed by atoms with E-state index in [4.69, 9.17) is 0 Å². The lowest BCUT2D eigenvalue weighted by Crippen LogP contribution is -2.42. The molecule has 1 aromatic heterocycles. The number of likely N-dealkylation sites (tertiary alicyclic amines) is 1. The van der Waals surface area contributed by atoms with Gasteiger partial charge in [-0.25, -0.2) is 4.68 Å². The van der Waals surface area contributed by atoms with Gasteiger partial charge in [-0.15, -0.1) is 0 Å². The first-order chi connectivity index (χ1) is 14.1. The number of aromatic nitrogens is 2. The zero-order valence-corrected chi connectivity index (χ0v) is 17.1. The standard InChI is InChI=1S/C24H28N4O/c1-18-22(19(2)28(26-18)21-12-7-4-8-13-21)16-25-24(29)23-14-9-15-27(23)17-20-10-5-3-6-11-20/h3-8,10-13,23H,9,14-17H2,1-2H3,(H,25,29). The van der Waals surface area contributed by atoms with Gasteiger partial charge in [-0.2, -0.15) is 5.10 Å². The molecule has 1 amide bonds. The Morgan fingerprint density at radius 1 is 1.07 bits per heavy atom. The maximum Gasteiger partial charge on any atom is 0.237 e. The summed E-state index contributed by atoms with van der Waals surface area (Å²) < 4.78 is 1.95. The summed E-state index contributed by atoms with van der Waals surface area (Å²) in [6.07, 6.45) is 1.98. The maximum absolute atomic E-state index is 12.9. The van der Waals surface area contributed by atoms with Crippen molar-refractivity contribution in [3.05, 3.63) is 83.2 Å². The van der Waals surface area contributed by atoms with Crippen LogP contribution in [0.3, 0.4) is 0 Å². The smallest absolute Gasteiger partial charge is 0.237 e. The number of nitrogens with zero attached hydrogens (tertiary/aromatic N) is 3. The second-order valence-electron chi connectivity index (χ2n) is 7.73. The molecule has 5 nitrogen and oxygen atoms in total. The molecule has 2 aromatic carbocycles. The predicted octanol–water partition coefficient (Wildman–Crippen LogP) is 3.77. The first-order valence-corrected chi connectivity index (χ1v) is 10.3. The number of hydrogen-bond acceptors (Lipinski definition) is 3. The summed E-state index contributed by atoms with van der Waals surface area (Å²) in [6, 6.07) is 20.4.